The highest BCUT2D eigenvalue weighted by Crippen LogP contribution is 2.22. The van der Waals surface area contributed by atoms with Crippen molar-refractivity contribution in [3.63, 3.8) is 0 Å². The first-order valence-corrected chi connectivity index (χ1v) is 7.47. The van der Waals surface area contributed by atoms with Crippen LogP contribution >= 0.6 is 0 Å². The third kappa shape index (κ3) is 4.79. The molecular formula is C18H20FNO3. The SMILES string of the molecule is CC(O)CC(CNC(=O)c1cc(F)ccc1O)c1ccccc1. The maximum Gasteiger partial charge on any atom is 0.255 e. The van der Waals surface area contributed by atoms with Crippen LogP contribution in [0.2, 0.25) is 0 Å². The van der Waals surface area contributed by atoms with Crippen molar-refractivity contribution in [2.24, 2.45) is 0 Å². The Labute approximate surface area is 134 Å². The van der Waals surface area contributed by atoms with Gasteiger partial charge in [-0.3, -0.25) is 4.79 Å². The highest BCUT2D eigenvalue weighted by Gasteiger charge is 2.17. The third-order valence-corrected chi connectivity index (χ3v) is 3.61. The minimum atomic E-state index is -0.587. The first kappa shape index (κ1) is 17.0. The van der Waals surface area contributed by atoms with Crippen molar-refractivity contribution in [1.29, 1.82) is 0 Å². The first-order chi connectivity index (χ1) is 11.0. The molecule has 0 spiro atoms. The van der Waals surface area contributed by atoms with E-state index in [2.05, 4.69) is 5.32 Å². The molecule has 0 saturated carbocycles. The summed E-state index contributed by atoms with van der Waals surface area (Å²) in [5.74, 6) is -1.48. The fraction of sp³-hybridized carbons (Fsp3) is 0.278. The molecule has 0 aliphatic heterocycles. The summed E-state index contributed by atoms with van der Waals surface area (Å²) in [6, 6.07) is 12.8. The zero-order chi connectivity index (χ0) is 16.8. The number of aromatic hydroxyl groups is 1. The molecule has 2 rings (SSSR count). The van der Waals surface area contributed by atoms with Crippen molar-refractivity contribution in [2.75, 3.05) is 6.54 Å². The molecule has 0 bridgehead atoms. The Hall–Kier alpha value is -2.40. The summed E-state index contributed by atoms with van der Waals surface area (Å²) < 4.78 is 13.2. The normalized spacial score (nSPS) is 13.3. The Bertz CT molecular complexity index is 659. The highest BCUT2D eigenvalue weighted by atomic mass is 19.1. The number of amides is 1. The van der Waals surface area contributed by atoms with E-state index in [0.29, 0.717) is 6.42 Å². The third-order valence-electron chi connectivity index (χ3n) is 3.61. The second-order valence-electron chi connectivity index (χ2n) is 5.56. The van der Waals surface area contributed by atoms with Crippen LogP contribution < -0.4 is 5.32 Å². The Morgan fingerprint density at radius 1 is 1.22 bits per heavy atom. The molecule has 0 radical (unpaired) electrons. The number of phenols is 1. The molecule has 122 valence electrons. The number of hydrogen-bond donors (Lipinski definition) is 3. The number of aliphatic hydroxyl groups is 1. The largest absolute Gasteiger partial charge is 0.507 e. The summed E-state index contributed by atoms with van der Waals surface area (Å²) in [6.07, 6.45) is -0.0286. The number of benzene rings is 2. The van der Waals surface area contributed by atoms with Crippen LogP contribution in [0.3, 0.4) is 0 Å². The van der Waals surface area contributed by atoms with E-state index in [1.54, 1.807) is 6.92 Å². The highest BCUT2D eigenvalue weighted by molar-refractivity contribution is 5.96. The Balaban J connectivity index is 2.09. The van der Waals surface area contributed by atoms with Crippen LogP contribution in [-0.2, 0) is 0 Å². The van der Waals surface area contributed by atoms with Gasteiger partial charge in [0.1, 0.15) is 11.6 Å². The van der Waals surface area contributed by atoms with Gasteiger partial charge in [-0.25, -0.2) is 4.39 Å². The maximum atomic E-state index is 13.2. The average molecular weight is 317 g/mol. The summed E-state index contributed by atoms with van der Waals surface area (Å²) in [5, 5.41) is 22.0. The first-order valence-electron chi connectivity index (χ1n) is 7.47. The fourth-order valence-electron chi connectivity index (χ4n) is 2.48. The van der Waals surface area contributed by atoms with Gasteiger partial charge in [0, 0.05) is 12.5 Å². The Morgan fingerprint density at radius 2 is 1.91 bits per heavy atom. The van der Waals surface area contributed by atoms with E-state index in [1.165, 1.54) is 0 Å². The van der Waals surface area contributed by atoms with Crippen molar-refractivity contribution in [2.45, 2.75) is 25.4 Å². The Morgan fingerprint density at radius 3 is 2.57 bits per heavy atom. The zero-order valence-corrected chi connectivity index (χ0v) is 12.9. The molecule has 5 heteroatoms. The molecule has 0 heterocycles. The molecule has 2 aromatic rings. The molecule has 2 unspecified atom stereocenters. The molecular weight excluding hydrogens is 297 g/mol. The standard InChI is InChI=1S/C18H20FNO3/c1-12(21)9-14(13-5-3-2-4-6-13)11-20-18(23)16-10-15(19)7-8-17(16)22/h2-8,10,12,14,21-22H,9,11H2,1H3,(H,20,23). The van der Waals surface area contributed by atoms with Crippen LogP contribution in [0.5, 0.6) is 5.75 Å². The summed E-state index contributed by atoms with van der Waals surface area (Å²) in [5.41, 5.74) is 0.894. The Kier molecular flexibility index (Phi) is 5.71. The molecule has 0 saturated heterocycles. The number of halogens is 1. The molecule has 3 N–H and O–H groups in total. The smallest absolute Gasteiger partial charge is 0.255 e. The van der Waals surface area contributed by atoms with Crippen molar-refractivity contribution in [3.8, 4) is 5.75 Å². The van der Waals surface area contributed by atoms with Crippen molar-refractivity contribution in [3.05, 3.63) is 65.5 Å². The fourth-order valence-corrected chi connectivity index (χ4v) is 2.48. The molecule has 1 amide bonds. The van der Waals surface area contributed by atoms with E-state index in [4.69, 9.17) is 0 Å². The number of nitrogens with one attached hydrogen (secondary N) is 1. The van der Waals surface area contributed by atoms with E-state index in [-0.39, 0.29) is 23.8 Å². The van der Waals surface area contributed by atoms with Gasteiger partial charge in [0.25, 0.3) is 5.91 Å². The topological polar surface area (TPSA) is 69.6 Å². The van der Waals surface area contributed by atoms with Crippen LogP contribution in [0.1, 0.15) is 35.2 Å². The number of rotatable bonds is 6. The van der Waals surface area contributed by atoms with E-state index < -0.39 is 17.8 Å². The van der Waals surface area contributed by atoms with E-state index in [1.807, 2.05) is 30.3 Å². The van der Waals surface area contributed by atoms with Gasteiger partial charge in [-0.1, -0.05) is 30.3 Å². The lowest BCUT2D eigenvalue weighted by atomic mass is 9.93. The summed E-state index contributed by atoms with van der Waals surface area (Å²) >= 11 is 0. The summed E-state index contributed by atoms with van der Waals surface area (Å²) in [7, 11) is 0. The monoisotopic (exact) mass is 317 g/mol. The van der Waals surface area contributed by atoms with Crippen LogP contribution in [0.4, 0.5) is 4.39 Å². The number of hydrogen-bond acceptors (Lipinski definition) is 3. The van der Waals surface area contributed by atoms with Crippen LogP contribution in [-0.4, -0.2) is 28.8 Å². The zero-order valence-electron chi connectivity index (χ0n) is 12.9. The second-order valence-corrected chi connectivity index (χ2v) is 5.56. The van der Waals surface area contributed by atoms with E-state index in [9.17, 15) is 19.4 Å². The molecule has 4 nitrogen and oxygen atoms in total. The van der Waals surface area contributed by atoms with Gasteiger partial charge >= 0.3 is 0 Å². The summed E-state index contributed by atoms with van der Waals surface area (Å²) in [4.78, 5) is 12.1. The maximum absolute atomic E-state index is 13.2. The minimum Gasteiger partial charge on any atom is -0.507 e. The van der Waals surface area contributed by atoms with Gasteiger partial charge in [-0.2, -0.15) is 0 Å². The molecule has 2 aromatic carbocycles. The van der Waals surface area contributed by atoms with Gasteiger partial charge < -0.3 is 15.5 Å². The quantitative estimate of drug-likeness (QED) is 0.767. The molecule has 0 fully saturated rings. The lowest BCUT2D eigenvalue weighted by Crippen LogP contribution is -2.29. The van der Waals surface area contributed by atoms with Gasteiger partial charge in [-0.05, 0) is 37.1 Å². The van der Waals surface area contributed by atoms with Gasteiger partial charge in [-0.15, -0.1) is 0 Å². The number of carbonyl (C=O) groups excluding carboxylic acids is 1. The van der Waals surface area contributed by atoms with Gasteiger partial charge in [0.15, 0.2) is 0 Å². The predicted molar refractivity (Wildman–Crippen MR) is 85.9 cm³/mol. The lowest BCUT2D eigenvalue weighted by Gasteiger charge is -2.20. The van der Waals surface area contributed by atoms with E-state index >= 15 is 0 Å². The number of aliphatic hydroxyl groups excluding tert-OH is 1. The van der Waals surface area contributed by atoms with Crippen LogP contribution in [0.25, 0.3) is 0 Å². The van der Waals surface area contributed by atoms with Gasteiger partial charge in [0.2, 0.25) is 0 Å². The second kappa shape index (κ2) is 7.74. The molecule has 0 aromatic heterocycles. The van der Waals surface area contributed by atoms with Crippen molar-refractivity contribution in [1.82, 2.24) is 5.32 Å². The van der Waals surface area contributed by atoms with Crippen molar-refractivity contribution < 1.29 is 19.4 Å². The average Bonchev–Trinajstić information content (AvgIpc) is 2.54. The molecule has 23 heavy (non-hydrogen) atoms. The number of phenolic OH excluding ortho intramolecular Hbond substituents is 1. The minimum absolute atomic E-state index is 0.0733. The lowest BCUT2D eigenvalue weighted by molar-refractivity contribution is 0.0942. The van der Waals surface area contributed by atoms with Crippen molar-refractivity contribution >= 4 is 5.91 Å². The van der Waals surface area contributed by atoms with Crippen LogP contribution in [0.15, 0.2) is 48.5 Å². The molecule has 2 atom stereocenters. The molecule has 0 aliphatic carbocycles. The summed E-state index contributed by atoms with van der Waals surface area (Å²) in [6.45, 7) is 1.97. The predicted octanol–water partition coefficient (Wildman–Crippen LogP) is 2.82. The van der Waals surface area contributed by atoms with Gasteiger partial charge in [0.05, 0.1) is 11.7 Å². The molecule has 0 aliphatic rings. The number of carbonyl (C=O) groups is 1. The van der Waals surface area contributed by atoms with Crippen LogP contribution in [0, 0.1) is 5.82 Å². The van der Waals surface area contributed by atoms with E-state index in [0.717, 1.165) is 23.8 Å².